The first-order valence-electron chi connectivity index (χ1n) is 8.22. The van der Waals surface area contributed by atoms with E-state index in [4.69, 9.17) is 0 Å². The molecule has 6 heteroatoms. The number of anilines is 1. The lowest BCUT2D eigenvalue weighted by Crippen LogP contribution is -2.16. The summed E-state index contributed by atoms with van der Waals surface area (Å²) < 4.78 is 2.09. The molecule has 3 heterocycles. The van der Waals surface area contributed by atoms with Crippen LogP contribution in [-0.2, 0) is 0 Å². The Morgan fingerprint density at radius 2 is 1.96 bits per heavy atom. The van der Waals surface area contributed by atoms with Crippen molar-refractivity contribution in [3.8, 4) is 5.82 Å². The first-order chi connectivity index (χ1) is 11.6. The zero-order chi connectivity index (χ0) is 17.1. The summed E-state index contributed by atoms with van der Waals surface area (Å²) in [6.45, 7) is 6.15. The Kier molecular flexibility index (Phi) is 4.76. The van der Waals surface area contributed by atoms with Gasteiger partial charge in [-0.3, -0.25) is 4.57 Å². The zero-order valence-electron chi connectivity index (χ0n) is 14.7. The fourth-order valence-electron chi connectivity index (χ4n) is 2.90. The minimum Gasteiger partial charge on any atom is -0.369 e. The van der Waals surface area contributed by atoms with E-state index in [1.807, 2.05) is 18.2 Å². The van der Waals surface area contributed by atoms with E-state index >= 15 is 0 Å². The lowest BCUT2D eigenvalue weighted by atomic mass is 10.2. The molecule has 0 spiro atoms. The fourth-order valence-corrected chi connectivity index (χ4v) is 2.90. The van der Waals surface area contributed by atoms with Crippen LogP contribution in [0.5, 0.6) is 0 Å². The Balaban J connectivity index is 1.99. The molecule has 0 radical (unpaired) electrons. The Morgan fingerprint density at radius 3 is 2.67 bits per heavy atom. The van der Waals surface area contributed by atoms with E-state index in [-0.39, 0.29) is 0 Å². The van der Waals surface area contributed by atoms with Gasteiger partial charge in [0.25, 0.3) is 0 Å². The van der Waals surface area contributed by atoms with Crippen molar-refractivity contribution in [3.05, 3.63) is 42.0 Å². The second-order valence-corrected chi connectivity index (χ2v) is 6.24. The van der Waals surface area contributed by atoms with Gasteiger partial charge in [0.2, 0.25) is 0 Å². The molecule has 0 aromatic carbocycles. The molecule has 0 aliphatic carbocycles. The van der Waals surface area contributed by atoms with Crippen molar-refractivity contribution in [3.63, 3.8) is 0 Å². The van der Waals surface area contributed by atoms with E-state index in [0.29, 0.717) is 0 Å². The highest BCUT2D eigenvalue weighted by atomic mass is 15.1. The fraction of sp³-hybridized carbons (Fsp3) is 0.389. The van der Waals surface area contributed by atoms with Crippen LogP contribution in [-0.4, -0.2) is 51.6 Å². The van der Waals surface area contributed by atoms with Crippen LogP contribution in [0.3, 0.4) is 0 Å². The van der Waals surface area contributed by atoms with Crippen molar-refractivity contribution < 1.29 is 0 Å². The van der Waals surface area contributed by atoms with Gasteiger partial charge in [-0.05, 0) is 58.6 Å². The molecule has 0 saturated heterocycles. The molecular weight excluding hydrogens is 300 g/mol. The number of fused-ring (bicyclic) bond motifs is 1. The van der Waals surface area contributed by atoms with Crippen LogP contribution in [0.2, 0.25) is 0 Å². The first kappa shape index (κ1) is 16.4. The minimum atomic E-state index is 0.880. The SMILES string of the molecule is Cc1c(C)n(-c2ccccn2)c2ncnc(NCCCN(C)C)c12. The van der Waals surface area contributed by atoms with Crippen LogP contribution in [0.25, 0.3) is 16.9 Å². The topological polar surface area (TPSA) is 58.9 Å². The number of nitrogens with zero attached hydrogens (tertiary/aromatic N) is 5. The van der Waals surface area contributed by atoms with Gasteiger partial charge in [-0.25, -0.2) is 15.0 Å². The molecule has 0 atom stereocenters. The number of hydrogen-bond acceptors (Lipinski definition) is 5. The monoisotopic (exact) mass is 324 g/mol. The van der Waals surface area contributed by atoms with E-state index in [1.54, 1.807) is 12.5 Å². The highest BCUT2D eigenvalue weighted by molar-refractivity contribution is 5.92. The summed E-state index contributed by atoms with van der Waals surface area (Å²) in [6.07, 6.45) is 4.49. The molecule has 0 aliphatic rings. The zero-order valence-corrected chi connectivity index (χ0v) is 14.7. The summed E-state index contributed by atoms with van der Waals surface area (Å²) in [4.78, 5) is 15.6. The predicted octanol–water partition coefficient (Wildman–Crippen LogP) is 2.80. The molecule has 0 fully saturated rings. The average Bonchev–Trinajstić information content (AvgIpc) is 2.84. The molecule has 3 aromatic heterocycles. The van der Waals surface area contributed by atoms with Crippen LogP contribution in [0, 0.1) is 13.8 Å². The maximum absolute atomic E-state index is 4.52. The molecule has 0 bridgehead atoms. The van der Waals surface area contributed by atoms with E-state index in [9.17, 15) is 0 Å². The Bertz CT molecular complexity index is 822. The number of rotatable bonds is 6. The quantitative estimate of drug-likeness (QED) is 0.707. The first-order valence-corrected chi connectivity index (χ1v) is 8.22. The number of aromatic nitrogens is 4. The van der Waals surface area contributed by atoms with Gasteiger partial charge in [-0.2, -0.15) is 0 Å². The predicted molar refractivity (Wildman–Crippen MR) is 97.8 cm³/mol. The van der Waals surface area contributed by atoms with Crippen molar-refractivity contribution in [2.45, 2.75) is 20.3 Å². The van der Waals surface area contributed by atoms with Gasteiger partial charge >= 0.3 is 0 Å². The van der Waals surface area contributed by atoms with Gasteiger partial charge in [-0.15, -0.1) is 0 Å². The lowest BCUT2D eigenvalue weighted by Gasteiger charge is -2.11. The molecule has 0 aliphatic heterocycles. The average molecular weight is 324 g/mol. The molecular formula is C18H24N6. The summed E-state index contributed by atoms with van der Waals surface area (Å²) in [7, 11) is 4.17. The van der Waals surface area contributed by atoms with Crippen LogP contribution < -0.4 is 5.32 Å². The Morgan fingerprint density at radius 1 is 1.12 bits per heavy atom. The molecule has 0 amide bonds. The van der Waals surface area contributed by atoms with Crippen molar-refractivity contribution in [1.82, 2.24) is 24.4 Å². The van der Waals surface area contributed by atoms with Crippen LogP contribution >= 0.6 is 0 Å². The molecule has 3 rings (SSSR count). The summed E-state index contributed by atoms with van der Waals surface area (Å²) in [5, 5.41) is 4.54. The van der Waals surface area contributed by atoms with Crippen molar-refractivity contribution in [1.29, 1.82) is 0 Å². The standard InChI is InChI=1S/C18H24N6/c1-13-14(2)24(15-8-5-6-9-19-15)18-16(13)17(21-12-22-18)20-10-7-11-23(3)4/h5-6,8-9,12H,7,10-11H2,1-4H3,(H,20,21,22). The molecule has 0 saturated carbocycles. The number of aryl methyl sites for hydroxylation is 1. The van der Waals surface area contributed by atoms with Crippen molar-refractivity contribution in [2.24, 2.45) is 0 Å². The molecule has 0 unspecified atom stereocenters. The van der Waals surface area contributed by atoms with E-state index < -0.39 is 0 Å². The van der Waals surface area contributed by atoms with Gasteiger partial charge in [0.05, 0.1) is 5.39 Å². The van der Waals surface area contributed by atoms with Crippen LogP contribution in [0.15, 0.2) is 30.7 Å². The normalized spacial score (nSPS) is 11.4. The summed E-state index contributed by atoms with van der Waals surface area (Å²) in [5.74, 6) is 1.78. The molecule has 3 aromatic rings. The molecule has 24 heavy (non-hydrogen) atoms. The van der Waals surface area contributed by atoms with Crippen molar-refractivity contribution >= 4 is 16.9 Å². The number of hydrogen-bond donors (Lipinski definition) is 1. The van der Waals surface area contributed by atoms with Crippen LogP contribution in [0.4, 0.5) is 5.82 Å². The van der Waals surface area contributed by atoms with E-state index in [2.05, 4.69) is 57.7 Å². The second-order valence-electron chi connectivity index (χ2n) is 6.24. The van der Waals surface area contributed by atoms with E-state index in [1.165, 1.54) is 5.56 Å². The van der Waals surface area contributed by atoms with Crippen molar-refractivity contribution in [2.75, 3.05) is 32.5 Å². The third-order valence-electron chi connectivity index (χ3n) is 4.25. The highest BCUT2D eigenvalue weighted by Gasteiger charge is 2.17. The minimum absolute atomic E-state index is 0.880. The van der Waals surface area contributed by atoms with Gasteiger partial charge in [0.1, 0.15) is 18.0 Å². The molecule has 1 N–H and O–H groups in total. The third-order valence-corrected chi connectivity index (χ3v) is 4.25. The number of pyridine rings is 1. The molecule has 6 nitrogen and oxygen atoms in total. The van der Waals surface area contributed by atoms with Gasteiger partial charge in [-0.1, -0.05) is 6.07 Å². The second kappa shape index (κ2) is 6.97. The smallest absolute Gasteiger partial charge is 0.151 e. The molecule has 126 valence electrons. The lowest BCUT2D eigenvalue weighted by molar-refractivity contribution is 0.405. The maximum atomic E-state index is 4.52. The Hall–Kier alpha value is -2.47. The highest BCUT2D eigenvalue weighted by Crippen LogP contribution is 2.30. The maximum Gasteiger partial charge on any atom is 0.151 e. The van der Waals surface area contributed by atoms with Crippen LogP contribution in [0.1, 0.15) is 17.7 Å². The summed E-state index contributed by atoms with van der Waals surface area (Å²) in [5.41, 5.74) is 3.22. The summed E-state index contributed by atoms with van der Waals surface area (Å²) >= 11 is 0. The Labute approximate surface area is 142 Å². The largest absolute Gasteiger partial charge is 0.369 e. The third kappa shape index (κ3) is 3.10. The van der Waals surface area contributed by atoms with Gasteiger partial charge in [0, 0.05) is 18.4 Å². The van der Waals surface area contributed by atoms with Gasteiger partial charge < -0.3 is 10.2 Å². The van der Waals surface area contributed by atoms with E-state index in [0.717, 1.165) is 47.9 Å². The summed E-state index contributed by atoms with van der Waals surface area (Å²) in [6, 6.07) is 5.91. The van der Waals surface area contributed by atoms with Gasteiger partial charge in [0.15, 0.2) is 5.65 Å². The number of nitrogens with one attached hydrogen (secondary N) is 1.